The van der Waals surface area contributed by atoms with Gasteiger partial charge in [0.05, 0.1) is 6.42 Å². The largest absolute Gasteiger partial charge is 0.354 e. The van der Waals surface area contributed by atoms with Gasteiger partial charge in [-0.15, -0.1) is 0 Å². The van der Waals surface area contributed by atoms with Crippen molar-refractivity contribution in [2.24, 2.45) is 0 Å². The number of hydrogen-bond acceptors (Lipinski definition) is 2. The summed E-state index contributed by atoms with van der Waals surface area (Å²) in [5.74, 6) is -0.288. The fourth-order valence-corrected chi connectivity index (χ4v) is 4.08. The second-order valence-corrected chi connectivity index (χ2v) is 9.24. The maximum absolute atomic E-state index is 13.6. The summed E-state index contributed by atoms with van der Waals surface area (Å²) < 4.78 is 0.960. The first-order valence-corrected chi connectivity index (χ1v) is 12.2. The van der Waals surface area contributed by atoms with Gasteiger partial charge in [-0.05, 0) is 41.3 Å². The van der Waals surface area contributed by atoms with Crippen LogP contribution in [0.5, 0.6) is 0 Å². The van der Waals surface area contributed by atoms with Crippen LogP contribution < -0.4 is 5.32 Å². The van der Waals surface area contributed by atoms with E-state index in [0.717, 1.165) is 27.6 Å². The Bertz CT molecular complexity index is 1060. The van der Waals surface area contributed by atoms with Crippen molar-refractivity contribution in [2.75, 3.05) is 6.54 Å². The Morgan fingerprint density at radius 1 is 0.939 bits per heavy atom. The van der Waals surface area contributed by atoms with Crippen molar-refractivity contribution < 1.29 is 9.59 Å². The van der Waals surface area contributed by atoms with E-state index < -0.39 is 6.04 Å². The summed E-state index contributed by atoms with van der Waals surface area (Å²) in [4.78, 5) is 28.6. The van der Waals surface area contributed by atoms with Gasteiger partial charge in [-0.25, -0.2) is 0 Å². The van der Waals surface area contributed by atoms with E-state index in [1.807, 2.05) is 79.7 Å². The SMILES string of the molecule is CCCNC(=O)[C@@H](Cc1ccccc1)N(Cc1ccc(Br)cc1)C(=O)Cc1ccccc1Cl. The van der Waals surface area contributed by atoms with Crippen LogP contribution in [0.15, 0.2) is 83.3 Å². The summed E-state index contributed by atoms with van der Waals surface area (Å²) in [6.07, 6.45) is 1.38. The molecule has 6 heteroatoms. The molecular weight excluding hydrogens is 500 g/mol. The fraction of sp³-hybridized carbons (Fsp3) is 0.259. The predicted octanol–water partition coefficient (Wildman–Crippen LogP) is 5.81. The van der Waals surface area contributed by atoms with E-state index in [0.29, 0.717) is 24.5 Å². The van der Waals surface area contributed by atoms with Gasteiger partial charge in [-0.1, -0.05) is 95.1 Å². The summed E-state index contributed by atoms with van der Waals surface area (Å²) in [6.45, 7) is 2.90. The lowest BCUT2D eigenvalue weighted by Crippen LogP contribution is -2.51. The third kappa shape index (κ3) is 7.44. The van der Waals surface area contributed by atoms with Crippen LogP contribution in [0.2, 0.25) is 5.02 Å². The molecule has 3 aromatic carbocycles. The minimum absolute atomic E-state index is 0.128. The van der Waals surface area contributed by atoms with Crippen LogP contribution in [0.25, 0.3) is 0 Å². The van der Waals surface area contributed by atoms with E-state index in [1.54, 1.807) is 11.0 Å². The number of nitrogens with zero attached hydrogens (tertiary/aromatic N) is 1. The molecule has 0 unspecified atom stereocenters. The third-order valence-corrected chi connectivity index (χ3v) is 6.28. The molecule has 3 rings (SSSR count). The monoisotopic (exact) mass is 526 g/mol. The highest BCUT2D eigenvalue weighted by molar-refractivity contribution is 9.10. The molecule has 33 heavy (non-hydrogen) atoms. The predicted molar refractivity (Wildman–Crippen MR) is 137 cm³/mol. The maximum atomic E-state index is 13.6. The van der Waals surface area contributed by atoms with E-state index in [-0.39, 0.29) is 18.2 Å². The lowest BCUT2D eigenvalue weighted by Gasteiger charge is -2.32. The van der Waals surface area contributed by atoms with Crippen LogP contribution in [0.3, 0.4) is 0 Å². The minimum Gasteiger partial charge on any atom is -0.354 e. The van der Waals surface area contributed by atoms with Gasteiger partial charge in [0.15, 0.2) is 0 Å². The molecule has 4 nitrogen and oxygen atoms in total. The van der Waals surface area contributed by atoms with E-state index in [9.17, 15) is 9.59 Å². The van der Waals surface area contributed by atoms with Crippen LogP contribution >= 0.6 is 27.5 Å². The molecule has 1 atom stereocenters. The average Bonchev–Trinajstić information content (AvgIpc) is 2.83. The maximum Gasteiger partial charge on any atom is 0.243 e. The van der Waals surface area contributed by atoms with E-state index in [2.05, 4.69) is 21.2 Å². The number of benzene rings is 3. The quantitative estimate of drug-likeness (QED) is 0.362. The third-order valence-electron chi connectivity index (χ3n) is 5.39. The lowest BCUT2D eigenvalue weighted by molar-refractivity contribution is -0.140. The van der Waals surface area contributed by atoms with Crippen molar-refractivity contribution in [3.63, 3.8) is 0 Å². The molecule has 0 fully saturated rings. The lowest BCUT2D eigenvalue weighted by atomic mass is 10.0. The van der Waals surface area contributed by atoms with Crippen molar-refractivity contribution in [1.82, 2.24) is 10.2 Å². The van der Waals surface area contributed by atoms with Crippen molar-refractivity contribution >= 4 is 39.3 Å². The molecule has 2 amide bonds. The Hall–Kier alpha value is -2.63. The van der Waals surface area contributed by atoms with Crippen LogP contribution in [0, 0.1) is 0 Å². The van der Waals surface area contributed by atoms with Gasteiger partial charge >= 0.3 is 0 Å². The second kappa shape index (κ2) is 12.6. The zero-order chi connectivity index (χ0) is 23.6. The van der Waals surface area contributed by atoms with Crippen LogP contribution in [-0.4, -0.2) is 29.3 Å². The van der Waals surface area contributed by atoms with Gasteiger partial charge in [-0.3, -0.25) is 9.59 Å². The fourth-order valence-electron chi connectivity index (χ4n) is 3.61. The Morgan fingerprint density at radius 3 is 2.27 bits per heavy atom. The number of carbonyl (C=O) groups excluding carboxylic acids is 2. The highest BCUT2D eigenvalue weighted by Gasteiger charge is 2.30. The van der Waals surface area contributed by atoms with E-state index in [4.69, 9.17) is 11.6 Å². The first kappa shape index (κ1) is 25.0. The number of rotatable bonds is 10. The molecule has 0 radical (unpaired) electrons. The summed E-state index contributed by atoms with van der Waals surface area (Å²) in [7, 11) is 0. The number of carbonyl (C=O) groups is 2. The van der Waals surface area contributed by atoms with Crippen molar-refractivity contribution in [1.29, 1.82) is 0 Å². The normalized spacial score (nSPS) is 11.6. The molecule has 0 aliphatic rings. The number of hydrogen-bond donors (Lipinski definition) is 1. The van der Waals surface area contributed by atoms with Crippen molar-refractivity contribution in [3.05, 3.63) is 105 Å². The van der Waals surface area contributed by atoms with E-state index >= 15 is 0 Å². The number of amides is 2. The highest BCUT2D eigenvalue weighted by Crippen LogP contribution is 2.21. The molecule has 3 aromatic rings. The molecule has 0 aliphatic heterocycles. The summed E-state index contributed by atoms with van der Waals surface area (Å²) in [5, 5.41) is 3.54. The van der Waals surface area contributed by atoms with Crippen molar-refractivity contribution in [2.45, 2.75) is 38.8 Å². The smallest absolute Gasteiger partial charge is 0.243 e. The van der Waals surface area contributed by atoms with Crippen LogP contribution in [0.4, 0.5) is 0 Å². The molecule has 0 saturated carbocycles. The molecule has 0 saturated heterocycles. The Kier molecular flexibility index (Phi) is 9.52. The molecule has 172 valence electrons. The van der Waals surface area contributed by atoms with Gasteiger partial charge in [0.1, 0.15) is 6.04 Å². The molecule has 0 bridgehead atoms. The molecule has 0 aromatic heterocycles. The van der Waals surface area contributed by atoms with Gasteiger partial charge in [0, 0.05) is 29.0 Å². The van der Waals surface area contributed by atoms with Crippen LogP contribution in [-0.2, 0) is 29.0 Å². The number of nitrogens with one attached hydrogen (secondary N) is 1. The molecule has 1 N–H and O–H groups in total. The molecule has 0 heterocycles. The zero-order valence-corrected chi connectivity index (χ0v) is 21.0. The van der Waals surface area contributed by atoms with Crippen molar-refractivity contribution in [3.8, 4) is 0 Å². The van der Waals surface area contributed by atoms with Gasteiger partial charge < -0.3 is 10.2 Å². The standard InChI is InChI=1S/C27H28BrClN2O2/c1-2-16-30-27(33)25(17-20-8-4-3-5-9-20)31(19-21-12-14-23(28)15-13-21)26(32)18-22-10-6-7-11-24(22)29/h3-15,25H,2,16-19H2,1H3,(H,30,33)/t25-/m1/s1. The van der Waals surface area contributed by atoms with E-state index in [1.165, 1.54) is 0 Å². The summed E-state index contributed by atoms with van der Waals surface area (Å²) >= 11 is 9.79. The molecular formula is C27H28BrClN2O2. The van der Waals surface area contributed by atoms with Gasteiger partial charge in [0.2, 0.25) is 11.8 Å². The average molecular weight is 528 g/mol. The molecule has 0 aliphatic carbocycles. The first-order valence-electron chi connectivity index (χ1n) is 11.1. The highest BCUT2D eigenvalue weighted by atomic mass is 79.9. The zero-order valence-electron chi connectivity index (χ0n) is 18.6. The number of halogens is 2. The van der Waals surface area contributed by atoms with Crippen LogP contribution in [0.1, 0.15) is 30.0 Å². The Morgan fingerprint density at radius 2 is 1.61 bits per heavy atom. The minimum atomic E-state index is -0.641. The molecule has 0 spiro atoms. The summed E-state index contributed by atoms with van der Waals surface area (Å²) in [5.41, 5.74) is 2.70. The summed E-state index contributed by atoms with van der Waals surface area (Å²) in [6, 6.07) is 24.3. The topological polar surface area (TPSA) is 49.4 Å². The second-order valence-electron chi connectivity index (χ2n) is 7.91. The first-order chi connectivity index (χ1) is 16.0. The Labute approximate surface area is 209 Å². The Balaban J connectivity index is 1.95. The van der Waals surface area contributed by atoms with Gasteiger partial charge in [0.25, 0.3) is 0 Å². The van der Waals surface area contributed by atoms with Gasteiger partial charge in [-0.2, -0.15) is 0 Å².